The van der Waals surface area contributed by atoms with Crippen LogP contribution in [0.25, 0.3) is 11.1 Å². The number of rotatable bonds is 9. The van der Waals surface area contributed by atoms with Gasteiger partial charge in [0.2, 0.25) is 0 Å². The van der Waals surface area contributed by atoms with E-state index in [0.29, 0.717) is 41.4 Å². The van der Waals surface area contributed by atoms with E-state index in [4.69, 9.17) is 15.2 Å². The van der Waals surface area contributed by atoms with Gasteiger partial charge in [-0.05, 0) is 81.3 Å². The molecule has 1 aromatic heterocycles. The summed E-state index contributed by atoms with van der Waals surface area (Å²) in [7, 11) is 0. The van der Waals surface area contributed by atoms with Crippen molar-refractivity contribution in [1.82, 2.24) is 4.98 Å². The summed E-state index contributed by atoms with van der Waals surface area (Å²) in [6.45, 7) is 13.8. The highest BCUT2D eigenvalue weighted by Crippen LogP contribution is 2.46. The van der Waals surface area contributed by atoms with Crippen LogP contribution in [0.4, 0.5) is 15.9 Å². The molecule has 0 aliphatic carbocycles. The molecule has 0 radical (unpaired) electrons. The van der Waals surface area contributed by atoms with Gasteiger partial charge in [-0.25, -0.2) is 14.2 Å². The Bertz CT molecular complexity index is 1360. The number of pyridine rings is 1. The smallest absolute Gasteiger partial charge is 0.337 e. The highest BCUT2D eigenvalue weighted by Gasteiger charge is 2.36. The molecule has 1 aliphatic rings. The molecule has 2 heterocycles. The number of piperidine rings is 1. The van der Waals surface area contributed by atoms with Gasteiger partial charge < -0.3 is 25.2 Å². The van der Waals surface area contributed by atoms with E-state index in [1.807, 2.05) is 45.0 Å². The Morgan fingerprint density at radius 1 is 1.10 bits per heavy atom. The number of nitrogen functional groups attached to an aromatic ring is 1. The molecule has 1 saturated heterocycles. The zero-order chi connectivity index (χ0) is 29.9. The summed E-state index contributed by atoms with van der Waals surface area (Å²) in [6, 6.07) is 14.0. The zero-order valence-corrected chi connectivity index (χ0v) is 25.0. The number of nitrogens with zero attached hydrogens (tertiary/aromatic N) is 2. The first-order valence-electron chi connectivity index (χ1n) is 14.2. The third-order valence-electron chi connectivity index (χ3n) is 7.53. The van der Waals surface area contributed by atoms with Crippen molar-refractivity contribution in [2.45, 2.75) is 72.5 Å². The Kier molecular flexibility index (Phi) is 8.92. The second kappa shape index (κ2) is 12.1. The van der Waals surface area contributed by atoms with Gasteiger partial charge in [0, 0.05) is 36.3 Å². The number of anilines is 2. The lowest BCUT2D eigenvalue weighted by atomic mass is 9.82. The summed E-state index contributed by atoms with van der Waals surface area (Å²) < 4.78 is 25.3. The monoisotopic (exact) mass is 563 g/mol. The van der Waals surface area contributed by atoms with Gasteiger partial charge in [-0.15, -0.1) is 0 Å². The summed E-state index contributed by atoms with van der Waals surface area (Å²) in [4.78, 5) is 19.5. The fourth-order valence-corrected chi connectivity index (χ4v) is 5.23. The van der Waals surface area contributed by atoms with Gasteiger partial charge >= 0.3 is 5.97 Å². The number of hydrogen-bond acceptors (Lipinski definition) is 6. The molecule has 1 unspecified atom stereocenters. The van der Waals surface area contributed by atoms with Crippen molar-refractivity contribution in [3.63, 3.8) is 0 Å². The molecule has 41 heavy (non-hydrogen) atoms. The molecule has 1 fully saturated rings. The largest absolute Gasteiger partial charge is 0.493 e. The molecule has 2 aromatic carbocycles. The van der Waals surface area contributed by atoms with Gasteiger partial charge in [-0.3, -0.25) is 0 Å². The number of halogens is 1. The van der Waals surface area contributed by atoms with E-state index in [0.717, 1.165) is 42.7 Å². The van der Waals surface area contributed by atoms with Crippen LogP contribution in [0.15, 0.2) is 48.5 Å². The highest BCUT2D eigenvalue weighted by atomic mass is 19.1. The highest BCUT2D eigenvalue weighted by molar-refractivity contribution is 5.92. The van der Waals surface area contributed by atoms with E-state index in [-0.39, 0.29) is 11.2 Å². The average molecular weight is 564 g/mol. The predicted octanol–water partition coefficient (Wildman–Crippen LogP) is 6.97. The molecule has 3 aromatic rings. The van der Waals surface area contributed by atoms with Crippen LogP contribution in [0.5, 0.6) is 5.75 Å². The lowest BCUT2D eigenvalue weighted by Crippen LogP contribution is -2.39. The standard InChI is InChI=1S/C33H42FN3O4/c1-21-26(29(31(38)39)41-32(2,3)4)28(37-18-16-33(5,6)17-19-37)27(30(35)36-21)23-9-13-25(14-10-23)40-20-15-22-7-11-24(34)12-8-22/h7-14,29H,15-20H2,1-6H3,(H2,35,36)(H,38,39). The molecule has 0 spiro atoms. The molecule has 4 rings (SSSR count). The van der Waals surface area contributed by atoms with Crippen molar-refractivity contribution in [3.05, 3.63) is 71.2 Å². The minimum absolute atomic E-state index is 0.200. The van der Waals surface area contributed by atoms with E-state index < -0.39 is 17.7 Å². The second-order valence-electron chi connectivity index (χ2n) is 12.6. The number of hydrogen-bond donors (Lipinski definition) is 2. The Hall–Kier alpha value is -3.65. The molecule has 3 N–H and O–H groups in total. The number of carboxylic acid groups (broad SMARTS) is 1. The lowest BCUT2D eigenvalue weighted by Gasteiger charge is -2.41. The van der Waals surface area contributed by atoms with Gasteiger partial charge in [0.25, 0.3) is 0 Å². The molecular weight excluding hydrogens is 521 g/mol. The molecule has 220 valence electrons. The van der Waals surface area contributed by atoms with Gasteiger partial charge in [-0.2, -0.15) is 0 Å². The molecular formula is C33H42FN3O4. The van der Waals surface area contributed by atoms with Gasteiger partial charge in [0.15, 0.2) is 6.10 Å². The summed E-state index contributed by atoms with van der Waals surface area (Å²) in [6.07, 6.45) is 1.37. The van der Waals surface area contributed by atoms with Gasteiger partial charge in [0.05, 0.1) is 17.9 Å². The first-order chi connectivity index (χ1) is 19.2. The van der Waals surface area contributed by atoms with E-state index >= 15 is 0 Å². The molecule has 7 nitrogen and oxygen atoms in total. The number of ether oxygens (including phenoxy) is 2. The molecule has 0 saturated carbocycles. The number of aryl methyl sites for hydroxylation is 1. The third kappa shape index (κ3) is 7.55. The first kappa shape index (κ1) is 30.3. The molecule has 1 atom stereocenters. The average Bonchev–Trinajstić information content (AvgIpc) is 2.88. The number of nitrogens with two attached hydrogens (primary N) is 1. The van der Waals surface area contributed by atoms with Crippen molar-refractivity contribution in [3.8, 4) is 16.9 Å². The molecule has 1 aliphatic heterocycles. The SMILES string of the molecule is Cc1nc(N)c(-c2ccc(OCCc3ccc(F)cc3)cc2)c(N2CCC(C)(C)CC2)c1C(OC(C)(C)C)C(=O)O. The quantitative estimate of drug-likeness (QED) is 0.290. The predicted molar refractivity (Wildman–Crippen MR) is 161 cm³/mol. The number of aliphatic carboxylic acids is 1. The maximum absolute atomic E-state index is 13.2. The van der Waals surface area contributed by atoms with E-state index in [1.54, 1.807) is 19.1 Å². The lowest BCUT2D eigenvalue weighted by molar-refractivity contribution is -0.160. The Balaban J connectivity index is 1.71. The van der Waals surface area contributed by atoms with Crippen molar-refractivity contribution >= 4 is 17.5 Å². The minimum Gasteiger partial charge on any atom is -0.493 e. The first-order valence-corrected chi connectivity index (χ1v) is 14.2. The number of carbonyl (C=O) groups is 1. The number of aromatic nitrogens is 1. The number of benzene rings is 2. The van der Waals surface area contributed by atoms with Gasteiger partial charge in [0.1, 0.15) is 17.4 Å². The van der Waals surface area contributed by atoms with E-state index in [2.05, 4.69) is 23.7 Å². The Labute approximate surface area is 242 Å². The maximum atomic E-state index is 13.2. The summed E-state index contributed by atoms with van der Waals surface area (Å²) in [5.74, 6) is -0.291. The van der Waals surface area contributed by atoms with E-state index in [9.17, 15) is 14.3 Å². The molecule has 0 amide bonds. The summed E-state index contributed by atoms with van der Waals surface area (Å²) in [5.41, 5.74) is 10.5. The van der Waals surface area contributed by atoms with Crippen molar-refractivity contribution in [2.75, 3.05) is 30.3 Å². The number of carboxylic acids is 1. The van der Waals surface area contributed by atoms with Crippen LogP contribution < -0.4 is 15.4 Å². The van der Waals surface area contributed by atoms with Crippen molar-refractivity contribution in [2.24, 2.45) is 5.41 Å². The Morgan fingerprint density at radius 2 is 1.71 bits per heavy atom. The molecule has 8 heteroatoms. The Morgan fingerprint density at radius 3 is 2.27 bits per heavy atom. The van der Waals surface area contributed by atoms with Crippen LogP contribution in [0.3, 0.4) is 0 Å². The van der Waals surface area contributed by atoms with Crippen LogP contribution in [0, 0.1) is 18.2 Å². The normalized spacial score (nSPS) is 15.9. The maximum Gasteiger partial charge on any atom is 0.337 e. The van der Waals surface area contributed by atoms with Crippen LogP contribution in [0.2, 0.25) is 0 Å². The van der Waals surface area contributed by atoms with Crippen molar-refractivity contribution < 1.29 is 23.8 Å². The topological polar surface area (TPSA) is 97.9 Å². The van der Waals surface area contributed by atoms with Crippen LogP contribution in [-0.2, 0) is 16.0 Å². The van der Waals surface area contributed by atoms with E-state index in [1.165, 1.54) is 12.1 Å². The van der Waals surface area contributed by atoms with Crippen LogP contribution in [-0.4, -0.2) is 41.4 Å². The van der Waals surface area contributed by atoms with Gasteiger partial charge in [-0.1, -0.05) is 38.1 Å². The third-order valence-corrected chi connectivity index (χ3v) is 7.53. The van der Waals surface area contributed by atoms with Crippen LogP contribution >= 0.6 is 0 Å². The molecule has 0 bridgehead atoms. The minimum atomic E-state index is -1.21. The zero-order valence-electron chi connectivity index (χ0n) is 25.0. The summed E-state index contributed by atoms with van der Waals surface area (Å²) >= 11 is 0. The van der Waals surface area contributed by atoms with Crippen LogP contribution in [0.1, 0.15) is 70.4 Å². The second-order valence-corrected chi connectivity index (χ2v) is 12.6. The van der Waals surface area contributed by atoms with Crippen molar-refractivity contribution in [1.29, 1.82) is 0 Å². The summed E-state index contributed by atoms with van der Waals surface area (Å²) in [5, 5.41) is 10.3. The fraction of sp³-hybridized carbons (Fsp3) is 0.455. The fourth-order valence-electron chi connectivity index (χ4n) is 5.23.